The van der Waals surface area contributed by atoms with Crippen molar-refractivity contribution in [3.05, 3.63) is 65.5 Å². The molecule has 2 aliphatic rings. The number of nitrogens with zero attached hydrogens (tertiary/aromatic N) is 3. The molecule has 1 N–H and O–H groups in total. The number of hydrogen-bond acceptors (Lipinski definition) is 3. The van der Waals surface area contributed by atoms with Crippen molar-refractivity contribution < 1.29 is 9.90 Å². The zero-order chi connectivity index (χ0) is 16.7. The Bertz CT molecular complexity index is 825. The van der Waals surface area contributed by atoms with Crippen LogP contribution < -0.4 is 9.80 Å². The van der Waals surface area contributed by atoms with E-state index in [-0.39, 0.29) is 0 Å². The third-order valence-corrected chi connectivity index (χ3v) is 4.98. The fourth-order valence-corrected chi connectivity index (χ4v) is 3.84. The van der Waals surface area contributed by atoms with E-state index in [1.54, 1.807) is 12.1 Å². The first kappa shape index (κ1) is 14.6. The minimum atomic E-state index is -0.893. The zero-order valence-corrected chi connectivity index (χ0v) is 13.1. The predicted octanol–water partition coefficient (Wildman–Crippen LogP) is 3.40. The van der Waals surface area contributed by atoms with E-state index in [0.29, 0.717) is 23.3 Å². The summed E-state index contributed by atoms with van der Waals surface area (Å²) in [5.74, 6) is -0.893. The number of rotatable bonds is 3. The minimum Gasteiger partial charge on any atom is -0.478 e. The van der Waals surface area contributed by atoms with E-state index in [2.05, 4.69) is 20.7 Å². The van der Waals surface area contributed by atoms with Gasteiger partial charge in [0.1, 0.15) is 0 Å². The molecule has 2 aromatic carbocycles. The van der Waals surface area contributed by atoms with Crippen molar-refractivity contribution in [1.29, 1.82) is 0 Å². The number of piperazine rings is 1. The Labute approximate surface area is 140 Å². The third-order valence-electron chi connectivity index (χ3n) is 4.98. The summed E-state index contributed by atoms with van der Waals surface area (Å²) in [5, 5.41) is 9.01. The van der Waals surface area contributed by atoms with Crippen molar-refractivity contribution in [3.63, 3.8) is 0 Å². The Kier molecular flexibility index (Phi) is 3.39. The van der Waals surface area contributed by atoms with Gasteiger partial charge in [-0.15, -0.1) is 0 Å². The van der Waals surface area contributed by atoms with E-state index in [9.17, 15) is 4.79 Å². The van der Waals surface area contributed by atoms with Gasteiger partial charge in [0.25, 0.3) is 0 Å². The first-order valence-electron chi connectivity index (χ1n) is 8.00. The number of fused-ring (bicyclic) bond motifs is 2. The smallest absolute Gasteiger partial charge is 0.335 e. The molecule has 2 aliphatic heterocycles. The standard InChI is InChI=1S/C19H17N3O2/c1-20-14-3-2-4-16(9-14)22-12-17-10-18(22)11-21(17)15-7-5-13(6-8-15)19(23)24/h2-9,17-18H,10-12H2,(H,23,24)/t17-,18-/m0/s1. The number of anilines is 2. The van der Waals surface area contributed by atoms with E-state index in [4.69, 9.17) is 11.7 Å². The Hall–Kier alpha value is -3.00. The maximum atomic E-state index is 11.0. The summed E-state index contributed by atoms with van der Waals surface area (Å²) in [4.78, 5) is 19.2. The minimum absolute atomic E-state index is 0.320. The molecule has 2 saturated heterocycles. The molecule has 120 valence electrons. The average Bonchev–Trinajstić information content (AvgIpc) is 3.22. The number of benzene rings is 2. The molecule has 0 radical (unpaired) electrons. The lowest BCUT2D eigenvalue weighted by atomic mass is 10.1. The van der Waals surface area contributed by atoms with Crippen molar-refractivity contribution in [2.24, 2.45) is 0 Å². The summed E-state index contributed by atoms with van der Waals surface area (Å²) >= 11 is 0. The van der Waals surface area contributed by atoms with E-state index >= 15 is 0 Å². The van der Waals surface area contributed by atoms with Crippen LogP contribution in [0.15, 0.2) is 48.5 Å². The van der Waals surface area contributed by atoms with E-state index < -0.39 is 5.97 Å². The Balaban J connectivity index is 1.51. The van der Waals surface area contributed by atoms with E-state index in [0.717, 1.165) is 30.9 Å². The second-order valence-corrected chi connectivity index (χ2v) is 6.33. The number of aromatic carboxylic acids is 1. The van der Waals surface area contributed by atoms with Crippen LogP contribution in [-0.2, 0) is 0 Å². The number of carboxylic acids is 1. The number of hydrogen-bond donors (Lipinski definition) is 1. The molecule has 4 rings (SSSR count). The van der Waals surface area contributed by atoms with E-state index in [1.807, 2.05) is 30.3 Å². The molecule has 2 heterocycles. The maximum Gasteiger partial charge on any atom is 0.335 e. The molecule has 0 amide bonds. The van der Waals surface area contributed by atoms with Crippen LogP contribution in [0.4, 0.5) is 17.1 Å². The molecular formula is C19H17N3O2. The maximum absolute atomic E-state index is 11.0. The third kappa shape index (κ3) is 2.37. The molecule has 5 nitrogen and oxygen atoms in total. The first-order chi connectivity index (χ1) is 11.7. The van der Waals surface area contributed by atoms with Crippen LogP contribution in [0.2, 0.25) is 0 Å². The second-order valence-electron chi connectivity index (χ2n) is 6.33. The molecule has 2 aromatic rings. The summed E-state index contributed by atoms with van der Waals surface area (Å²) < 4.78 is 0. The van der Waals surface area contributed by atoms with Crippen LogP contribution in [0.25, 0.3) is 4.85 Å². The summed E-state index contributed by atoms with van der Waals surface area (Å²) in [7, 11) is 0. The highest BCUT2D eigenvalue weighted by Gasteiger charge is 2.43. The van der Waals surface area contributed by atoms with Crippen LogP contribution in [0.5, 0.6) is 0 Å². The Morgan fingerprint density at radius 3 is 2.29 bits per heavy atom. The lowest BCUT2D eigenvalue weighted by Crippen LogP contribution is -2.46. The lowest BCUT2D eigenvalue weighted by molar-refractivity contribution is 0.0697. The van der Waals surface area contributed by atoms with Gasteiger partial charge in [0, 0.05) is 36.5 Å². The highest BCUT2D eigenvalue weighted by atomic mass is 16.4. The van der Waals surface area contributed by atoms with Crippen molar-refractivity contribution in [3.8, 4) is 0 Å². The average molecular weight is 319 g/mol. The van der Waals surface area contributed by atoms with Gasteiger partial charge in [0.05, 0.1) is 12.1 Å². The SMILES string of the molecule is [C-]#[N+]c1cccc(N2C[C@@H]3C[C@H]2CN3c2ccc(C(=O)O)cc2)c1. The van der Waals surface area contributed by atoms with Gasteiger partial charge in [0.2, 0.25) is 0 Å². The van der Waals surface area contributed by atoms with Gasteiger partial charge >= 0.3 is 5.97 Å². The molecule has 2 bridgehead atoms. The van der Waals surface area contributed by atoms with Gasteiger partial charge in [-0.2, -0.15) is 0 Å². The van der Waals surface area contributed by atoms with Crippen LogP contribution in [-0.4, -0.2) is 36.2 Å². The molecule has 2 fully saturated rings. The van der Waals surface area contributed by atoms with Crippen LogP contribution in [0, 0.1) is 6.57 Å². The Morgan fingerprint density at radius 1 is 1.04 bits per heavy atom. The fourth-order valence-electron chi connectivity index (χ4n) is 3.84. The highest BCUT2D eigenvalue weighted by molar-refractivity contribution is 5.88. The van der Waals surface area contributed by atoms with Gasteiger partial charge in [0.15, 0.2) is 5.69 Å². The van der Waals surface area contributed by atoms with Crippen molar-refractivity contribution in [1.82, 2.24) is 0 Å². The fraction of sp³-hybridized carbons (Fsp3) is 0.263. The Morgan fingerprint density at radius 2 is 1.71 bits per heavy atom. The monoisotopic (exact) mass is 319 g/mol. The van der Waals surface area contributed by atoms with Gasteiger partial charge in [-0.25, -0.2) is 9.64 Å². The van der Waals surface area contributed by atoms with E-state index in [1.165, 1.54) is 0 Å². The van der Waals surface area contributed by atoms with Gasteiger partial charge in [-0.1, -0.05) is 12.1 Å². The normalized spacial score (nSPS) is 21.8. The molecule has 0 spiro atoms. The van der Waals surface area contributed by atoms with Crippen molar-refractivity contribution in [2.45, 2.75) is 18.5 Å². The molecular weight excluding hydrogens is 302 g/mol. The van der Waals surface area contributed by atoms with Crippen LogP contribution in [0.1, 0.15) is 16.8 Å². The largest absolute Gasteiger partial charge is 0.478 e. The van der Waals surface area contributed by atoms with Crippen LogP contribution in [0.3, 0.4) is 0 Å². The topological polar surface area (TPSA) is 48.1 Å². The summed E-state index contributed by atoms with van der Waals surface area (Å²) in [6, 6.07) is 15.8. The summed E-state index contributed by atoms with van der Waals surface area (Å²) in [5.41, 5.74) is 3.20. The second kappa shape index (κ2) is 5.57. The van der Waals surface area contributed by atoms with Crippen LogP contribution >= 0.6 is 0 Å². The molecule has 5 heteroatoms. The summed E-state index contributed by atoms with van der Waals surface area (Å²) in [6.45, 7) is 9.03. The van der Waals surface area contributed by atoms with Gasteiger partial charge in [-0.05, 0) is 42.8 Å². The summed E-state index contributed by atoms with van der Waals surface area (Å²) in [6.07, 6.45) is 1.10. The molecule has 0 aromatic heterocycles. The first-order valence-corrected chi connectivity index (χ1v) is 8.00. The quantitative estimate of drug-likeness (QED) is 0.881. The predicted molar refractivity (Wildman–Crippen MR) is 93.0 cm³/mol. The molecule has 0 unspecified atom stereocenters. The highest BCUT2D eigenvalue weighted by Crippen LogP contribution is 2.38. The zero-order valence-electron chi connectivity index (χ0n) is 13.1. The number of carbonyl (C=O) groups is 1. The number of carboxylic acid groups (broad SMARTS) is 1. The molecule has 2 atom stereocenters. The van der Waals surface area contributed by atoms with Crippen molar-refractivity contribution >= 4 is 23.0 Å². The molecule has 0 aliphatic carbocycles. The molecule has 0 saturated carbocycles. The lowest BCUT2D eigenvalue weighted by Gasteiger charge is -2.37. The molecule has 24 heavy (non-hydrogen) atoms. The van der Waals surface area contributed by atoms with Crippen molar-refractivity contribution in [2.75, 3.05) is 22.9 Å². The van der Waals surface area contributed by atoms with Gasteiger partial charge < -0.3 is 14.9 Å². The van der Waals surface area contributed by atoms with Gasteiger partial charge in [-0.3, -0.25) is 0 Å².